The Morgan fingerprint density at radius 3 is 1.46 bits per heavy atom. The number of aliphatic carboxylic acids is 1. The molecule has 6 N–H and O–H groups in total. The molecule has 8 aromatic carbocycles. The van der Waals surface area contributed by atoms with E-state index < -0.39 is 27.2 Å². The van der Waals surface area contributed by atoms with E-state index in [-0.39, 0.29) is 0 Å². The molecule has 1 atom stereocenters. The van der Waals surface area contributed by atoms with Crippen molar-refractivity contribution in [3.05, 3.63) is 205 Å². The van der Waals surface area contributed by atoms with Gasteiger partial charge in [-0.15, -0.1) is 34.9 Å². The second kappa shape index (κ2) is 38.6. The largest absolute Gasteiger partial charge is 0.569 e. The van der Waals surface area contributed by atoms with Gasteiger partial charge in [-0.25, -0.2) is 0 Å². The van der Waals surface area contributed by atoms with Crippen molar-refractivity contribution < 1.29 is 51.8 Å². The molecule has 0 aliphatic carbocycles. The number of halogens is 9. The summed E-state index contributed by atoms with van der Waals surface area (Å²) in [6.07, 6.45) is 5.66. The van der Waals surface area contributed by atoms with Gasteiger partial charge < -0.3 is 14.8 Å². The summed E-state index contributed by atoms with van der Waals surface area (Å²) in [6, 6.07) is 53.8. The number of benzene rings is 8. The van der Waals surface area contributed by atoms with E-state index in [1.807, 2.05) is 97.3 Å². The van der Waals surface area contributed by atoms with E-state index in [1.165, 1.54) is 51.5 Å². The molecule has 0 aliphatic heterocycles. The van der Waals surface area contributed by atoms with E-state index in [0.717, 1.165) is 51.3 Å². The molecule has 79 heavy (non-hydrogen) atoms. The summed E-state index contributed by atoms with van der Waals surface area (Å²) in [7, 11) is -5.08. The third kappa shape index (κ3) is 25.2. The zero-order valence-corrected chi connectivity index (χ0v) is 56.9. The summed E-state index contributed by atoms with van der Waals surface area (Å²) >= 11 is 45.4. The Labute approximate surface area is 541 Å². The molecule has 1 aromatic heterocycles. The Hall–Kier alpha value is -2.28. The number of thioether (sulfide) groups is 2. The van der Waals surface area contributed by atoms with Crippen LogP contribution in [0.3, 0.4) is 0 Å². The van der Waals surface area contributed by atoms with Crippen LogP contribution in [0.15, 0.2) is 196 Å². The van der Waals surface area contributed by atoms with E-state index in [4.69, 9.17) is 94.0 Å². The molecule has 0 aliphatic rings. The van der Waals surface area contributed by atoms with Crippen LogP contribution in [0.2, 0.25) is 20.1 Å². The monoisotopic (exact) mass is 1610 g/mol. The van der Waals surface area contributed by atoms with Crippen molar-refractivity contribution in [1.29, 1.82) is 0 Å². The lowest BCUT2D eigenvalue weighted by molar-refractivity contribution is -0.176. The highest BCUT2D eigenvalue weighted by Gasteiger charge is 2.16. The Bertz CT molecular complexity index is 3480. The molecule has 26 heteroatoms. The minimum absolute atomic E-state index is 0.530. The summed E-state index contributed by atoms with van der Waals surface area (Å²) in [5, 5.41) is 33.1. The first-order chi connectivity index (χ1) is 37.4. The molecule has 0 amide bonds. The van der Waals surface area contributed by atoms with Crippen molar-refractivity contribution in [2.45, 2.75) is 21.6 Å². The van der Waals surface area contributed by atoms with Crippen LogP contribution in [-0.4, -0.2) is 74.8 Å². The van der Waals surface area contributed by atoms with Crippen LogP contribution in [0.5, 0.6) is 5.75 Å². The standard InChI is InChI=1S/C13H10BrClOS.C13H10BrClS.C12H6BrClS.C7H6BBrClO2S.C6H5I.C2H4O2.H2O4S.H2O2/c1-17(16)11-8-7-10(15)13(14)12(11)9-5-3-2-4-6-9;1-16-11-8-7-10(15)13(14)12(11)9-5-3-2-4-6-9;13-12-8(14)5-6-10-11(12)7-3-1-2-4-9(7)15-10;1-13-5-3-2-4(10)6(9)7(5)12-8-11;7-6-4-2-1-3-5-6;1-2(3)4;1-5(2,3)4;1-2/h2-8H,1H3;2-8H,1H3;1-6H;2-3,11H,1H3;1-5H;1H3,(H,3,4);(H2,1,2,3,4);1-2H. The third-order valence-electron chi connectivity index (χ3n) is 9.34. The first-order valence-electron chi connectivity index (χ1n) is 21.6. The van der Waals surface area contributed by atoms with Crippen molar-refractivity contribution in [3.8, 4) is 28.0 Å². The Balaban J connectivity index is 0.000000327. The maximum Gasteiger partial charge on any atom is 0.569 e. The minimum Gasteiger partial charge on any atom is -0.536 e. The fourth-order valence-corrected chi connectivity index (χ4v) is 13.0. The summed E-state index contributed by atoms with van der Waals surface area (Å²) in [6.45, 7) is 1.08. The van der Waals surface area contributed by atoms with Crippen molar-refractivity contribution in [3.63, 3.8) is 0 Å². The topological polar surface area (TPSA) is 199 Å². The third-order valence-corrected chi connectivity index (χ3v) is 19.1. The predicted molar refractivity (Wildman–Crippen MR) is 357 cm³/mol. The average molecular weight is 1620 g/mol. The summed E-state index contributed by atoms with van der Waals surface area (Å²) in [5.74, 6) is -0.303. The molecule has 0 bridgehead atoms. The van der Waals surface area contributed by atoms with Crippen molar-refractivity contribution in [2.75, 3.05) is 18.8 Å². The molecule has 11 nitrogen and oxygen atoms in total. The van der Waals surface area contributed by atoms with Gasteiger partial charge in [-0.3, -0.25) is 28.6 Å². The van der Waals surface area contributed by atoms with Crippen LogP contribution >= 0.6 is 168 Å². The number of hydrogen-bond donors (Lipinski definition) is 6. The highest BCUT2D eigenvalue weighted by atomic mass is 127. The van der Waals surface area contributed by atoms with Crippen LogP contribution in [-0.2, 0) is 26.0 Å². The summed E-state index contributed by atoms with van der Waals surface area (Å²) < 4.78 is 55.5. The van der Waals surface area contributed by atoms with Gasteiger partial charge in [0.1, 0.15) is 5.75 Å². The number of carbonyl (C=O) groups is 1. The number of fused-ring (bicyclic) bond motifs is 3. The Morgan fingerprint density at radius 1 is 0.608 bits per heavy atom. The Kier molecular flexibility index (Phi) is 35.5. The first-order valence-corrected chi connectivity index (χ1v) is 33.6. The molecule has 9 aromatic rings. The molecular formula is C53H45BBr4Cl4IO11S5. The zero-order chi connectivity index (χ0) is 59.4. The van der Waals surface area contributed by atoms with Crippen LogP contribution < -0.4 is 4.65 Å². The molecule has 1 unspecified atom stereocenters. The second-order valence-corrected chi connectivity index (χ2v) is 25.6. The van der Waals surface area contributed by atoms with E-state index in [9.17, 15) is 4.21 Å². The van der Waals surface area contributed by atoms with Crippen molar-refractivity contribution >= 4 is 223 Å². The van der Waals surface area contributed by atoms with E-state index in [2.05, 4.69) is 153 Å². The van der Waals surface area contributed by atoms with Gasteiger partial charge in [0.2, 0.25) is 0 Å². The van der Waals surface area contributed by atoms with Gasteiger partial charge in [-0.1, -0.05) is 143 Å². The van der Waals surface area contributed by atoms with Gasteiger partial charge in [-0.2, -0.15) is 8.42 Å². The normalized spacial score (nSPS) is 10.5. The van der Waals surface area contributed by atoms with E-state index >= 15 is 0 Å². The number of hydrogen-bond acceptors (Lipinski definition) is 11. The smallest absolute Gasteiger partial charge is 0.536 e. The van der Waals surface area contributed by atoms with Crippen molar-refractivity contribution in [1.82, 2.24) is 0 Å². The van der Waals surface area contributed by atoms with Crippen LogP contribution in [0, 0.1) is 3.57 Å². The highest BCUT2D eigenvalue weighted by molar-refractivity contribution is 14.1. The van der Waals surface area contributed by atoms with E-state index in [0.29, 0.717) is 28.0 Å². The van der Waals surface area contributed by atoms with E-state index in [1.54, 1.807) is 41.5 Å². The number of rotatable bonds is 7. The lowest BCUT2D eigenvalue weighted by Gasteiger charge is -2.11. The second-order valence-electron chi connectivity index (χ2n) is 14.6. The number of carboxylic acid groups (broad SMARTS) is 1. The number of carboxylic acids is 1. The predicted octanol–water partition coefficient (Wildman–Crippen LogP) is 19.9. The molecular weight excluding hydrogens is 1570 g/mol. The summed E-state index contributed by atoms with van der Waals surface area (Å²) in [4.78, 5) is 11.9. The van der Waals surface area contributed by atoms with Gasteiger partial charge in [0.05, 0.1) is 35.4 Å². The van der Waals surface area contributed by atoms with Gasteiger partial charge in [0.15, 0.2) is 0 Å². The van der Waals surface area contributed by atoms with Gasteiger partial charge in [-0.05, 0) is 177 Å². The van der Waals surface area contributed by atoms with Gasteiger partial charge in [0.25, 0.3) is 5.97 Å². The van der Waals surface area contributed by atoms with Gasteiger partial charge >= 0.3 is 18.1 Å². The first kappa shape index (κ1) is 72.8. The van der Waals surface area contributed by atoms with Crippen molar-refractivity contribution in [2.24, 2.45) is 0 Å². The summed E-state index contributed by atoms with van der Waals surface area (Å²) in [5.41, 5.74) is 4.26. The molecule has 0 fully saturated rings. The quantitative estimate of drug-likeness (QED) is 0.0220. The lowest BCUT2D eigenvalue weighted by atomic mass is 10.1. The number of thiophene rings is 1. The maximum atomic E-state index is 11.8. The van der Waals surface area contributed by atoms with Crippen LogP contribution in [0.25, 0.3) is 42.4 Å². The maximum absolute atomic E-state index is 11.8. The molecule has 9 rings (SSSR count). The van der Waals surface area contributed by atoms with Gasteiger partial charge in [0, 0.05) is 76.2 Å². The Morgan fingerprint density at radius 2 is 1.00 bits per heavy atom. The molecule has 1 radical (unpaired) electrons. The molecule has 0 spiro atoms. The zero-order valence-electron chi connectivity index (χ0n) is 41.3. The molecule has 0 saturated heterocycles. The molecule has 419 valence electrons. The fourth-order valence-electron chi connectivity index (χ4n) is 6.22. The highest BCUT2D eigenvalue weighted by Crippen LogP contribution is 2.43. The van der Waals surface area contributed by atoms with Crippen LogP contribution in [0.1, 0.15) is 6.92 Å². The molecule has 0 saturated carbocycles. The average Bonchev–Trinajstić information content (AvgIpc) is 3.97. The minimum atomic E-state index is -4.67. The fraction of sp³-hybridized carbons (Fsp3) is 0.0755. The molecule has 1 heterocycles. The SMILES string of the molecule is CC(=O)O.CS(=O)c1ccc(Cl)c(Br)c1-c1ccccc1.CSc1ccc(Cl)c(Br)c1-c1ccccc1.CSc1ccc(Cl)c(Br)c1O[B]O.Clc1ccc2sc3ccccc3c2c1Br.Ic1ccccc1.O=S(=O)(O)O.OO. The lowest BCUT2D eigenvalue weighted by Crippen LogP contribution is -2.01. The van der Waals surface area contributed by atoms with Crippen LogP contribution in [0.4, 0.5) is 0 Å².